The van der Waals surface area contributed by atoms with Gasteiger partial charge in [0, 0.05) is 65.8 Å². The summed E-state index contributed by atoms with van der Waals surface area (Å²) in [5.74, 6) is 0. The van der Waals surface area contributed by atoms with Crippen LogP contribution in [0.25, 0.3) is 165 Å². The summed E-state index contributed by atoms with van der Waals surface area (Å²) in [4.78, 5) is 0. The number of rotatable bonds is 6. The van der Waals surface area contributed by atoms with Crippen LogP contribution in [-0.2, 0) is 0 Å². The molecule has 0 atom stereocenters. The van der Waals surface area contributed by atoms with Crippen molar-refractivity contribution in [3.8, 4) is 45.0 Å². The van der Waals surface area contributed by atoms with Crippen LogP contribution in [-0.4, -0.2) is 31.7 Å². The van der Waals surface area contributed by atoms with Gasteiger partial charge >= 0.3 is 0 Å². The number of aryl methyl sites for hydroxylation is 4. The molecule has 0 bridgehead atoms. The number of aromatic nitrogens is 4. The normalized spacial score (nSPS) is 12.9. The predicted octanol–water partition coefficient (Wildman–Crippen LogP) is 19.2. The van der Waals surface area contributed by atoms with E-state index in [1.54, 1.807) is 0 Å². The zero-order valence-corrected chi connectivity index (χ0v) is 54.7. The van der Waals surface area contributed by atoms with E-state index in [1.165, 1.54) is 220 Å². The molecule has 6 heteroatoms. The Bertz CT molecular complexity index is 5980. The highest BCUT2D eigenvalue weighted by atomic mass is 15.0. The van der Waals surface area contributed by atoms with E-state index in [0.717, 1.165) is 0 Å². The topological polar surface area (TPSA) is 19.7 Å². The summed E-state index contributed by atoms with van der Waals surface area (Å²) in [5.41, 5.74) is 33.0. The van der Waals surface area contributed by atoms with E-state index in [1.807, 2.05) is 0 Å². The van der Waals surface area contributed by atoms with Crippen molar-refractivity contribution in [2.75, 3.05) is 0 Å². The lowest BCUT2D eigenvalue weighted by molar-refractivity contribution is 1.17. The first-order valence-corrected chi connectivity index (χ1v) is 34.5. The third-order valence-electron chi connectivity index (χ3n) is 22.9. The zero-order valence-electron chi connectivity index (χ0n) is 54.7. The second kappa shape index (κ2) is 19.8. The van der Waals surface area contributed by atoms with Gasteiger partial charge < -0.3 is 18.3 Å². The minimum absolute atomic E-state index is 0.0326. The van der Waals surface area contributed by atoms with Gasteiger partial charge in [-0.3, -0.25) is 0 Å². The summed E-state index contributed by atoms with van der Waals surface area (Å²) in [6.45, 7) is 9.43. The Balaban J connectivity index is 0.776. The predicted molar refractivity (Wildman–Crippen MR) is 420 cm³/mol. The molecular weight excluding hydrogens is 1180 g/mol. The Kier molecular flexibility index (Phi) is 10.9. The van der Waals surface area contributed by atoms with Crippen molar-refractivity contribution < 1.29 is 0 Å². The lowest BCUT2D eigenvalue weighted by Gasteiger charge is -2.23. The summed E-state index contributed by atoms with van der Waals surface area (Å²) < 4.78 is 10.0. The molecule has 4 aromatic heterocycles. The zero-order chi connectivity index (χ0) is 64.5. The molecule has 0 radical (unpaired) electrons. The Labute approximate surface area is 566 Å². The summed E-state index contributed by atoms with van der Waals surface area (Å²) in [5, 5.41) is 17.9. The van der Waals surface area contributed by atoms with Gasteiger partial charge in [-0.2, -0.15) is 0 Å². The first-order chi connectivity index (χ1) is 48.3. The van der Waals surface area contributed by atoms with Crippen molar-refractivity contribution in [1.82, 2.24) is 18.3 Å². The first kappa shape index (κ1) is 54.2. The van der Waals surface area contributed by atoms with Crippen LogP contribution in [0.15, 0.2) is 291 Å². The molecule has 0 saturated carbocycles. The van der Waals surface area contributed by atoms with Gasteiger partial charge in [0.25, 0.3) is 0 Å². The van der Waals surface area contributed by atoms with Crippen LogP contribution in [0.2, 0.25) is 0 Å². The van der Waals surface area contributed by atoms with Crippen molar-refractivity contribution >= 4 is 166 Å². The maximum atomic E-state index is 2.52. The quantitative estimate of drug-likeness (QED) is 0.117. The second-order valence-corrected chi connectivity index (χ2v) is 28.0. The molecule has 20 aromatic rings. The molecule has 2 aliphatic rings. The van der Waals surface area contributed by atoms with Gasteiger partial charge in [-0.1, -0.05) is 249 Å². The summed E-state index contributed by atoms with van der Waals surface area (Å²) >= 11 is 0. The SMILES string of the molecule is Cc1cc(-n2c3ccccc3c3ccccc32)cc2c1B(c1ccc3ccc4ccc(B5c6c(C)cc(-n7c8ccccc8c8ccccc87)cc6-c6cc(-n7c8ccccc8c8ccccc87)cc(C)c65)c5ccc1c3c45)c1c(C)cc(-n3c4ccccc4c4ccccc43)cc1-2. The number of nitrogens with zero attached hydrogens (tertiary/aromatic N) is 4. The van der Waals surface area contributed by atoms with Crippen LogP contribution in [0, 0.1) is 27.7 Å². The van der Waals surface area contributed by atoms with Gasteiger partial charge in [0.15, 0.2) is 0 Å². The molecule has 0 spiro atoms. The number of hydrogen-bond donors (Lipinski definition) is 0. The second-order valence-electron chi connectivity index (χ2n) is 28.0. The molecule has 16 aromatic carbocycles. The Morgan fingerprint density at radius 1 is 0.204 bits per heavy atom. The molecule has 98 heavy (non-hydrogen) atoms. The Hall–Kier alpha value is -12.1. The van der Waals surface area contributed by atoms with E-state index in [0.29, 0.717) is 0 Å². The molecule has 0 saturated heterocycles. The molecule has 0 N–H and O–H groups in total. The van der Waals surface area contributed by atoms with Gasteiger partial charge in [0.05, 0.1) is 44.1 Å². The molecule has 0 fully saturated rings. The molecule has 4 nitrogen and oxygen atoms in total. The minimum atomic E-state index is -0.0326. The number of benzene rings is 16. The summed E-state index contributed by atoms with van der Waals surface area (Å²) in [6, 6.07) is 111. The third-order valence-corrected chi connectivity index (χ3v) is 22.9. The first-order valence-electron chi connectivity index (χ1n) is 34.5. The van der Waals surface area contributed by atoms with Gasteiger partial charge in [-0.15, -0.1) is 0 Å². The summed E-state index contributed by atoms with van der Waals surface area (Å²) in [6.07, 6.45) is 0. The minimum Gasteiger partial charge on any atom is -0.309 e. The van der Waals surface area contributed by atoms with Crippen LogP contribution in [0.4, 0.5) is 0 Å². The highest BCUT2D eigenvalue weighted by Gasteiger charge is 2.41. The van der Waals surface area contributed by atoms with Crippen molar-refractivity contribution in [3.05, 3.63) is 313 Å². The van der Waals surface area contributed by atoms with Crippen LogP contribution in [0.3, 0.4) is 0 Å². The molecule has 22 rings (SSSR count). The number of fused-ring (bicyclic) bond motifs is 18. The van der Waals surface area contributed by atoms with Crippen molar-refractivity contribution in [2.24, 2.45) is 0 Å². The largest absolute Gasteiger partial charge is 0.309 e. The molecular formula is C92H60B2N4. The van der Waals surface area contributed by atoms with Crippen LogP contribution < -0.4 is 32.8 Å². The van der Waals surface area contributed by atoms with E-state index < -0.39 is 0 Å². The third kappa shape index (κ3) is 7.15. The molecule has 0 aliphatic carbocycles. The van der Waals surface area contributed by atoms with Crippen molar-refractivity contribution in [1.29, 1.82) is 0 Å². The average molecular weight is 1240 g/mol. The van der Waals surface area contributed by atoms with E-state index in [2.05, 4.69) is 337 Å². The Morgan fingerprint density at radius 3 is 0.633 bits per heavy atom. The standard InChI is InChI=1S/C92H60B2N4/c1-53-45-59(95-79-29-13-5-21-63(79)64-22-6-14-30-80(64)95)49-73-74-50-60(96-81-31-15-7-23-65(81)66-24-8-16-32-82(66)96)46-54(2)90(74)93(89(53)73)77-43-39-57-37-38-58-40-44-78(72-42-41-71(77)87(57)88(58)72)94-91-55(3)47-61(97-83-33-17-9-25-67(83)68-26-10-18-34-84(68)97)51-75(91)76-52-62(48-56(4)92(76)94)98-85-35-19-11-27-69(85)70-28-12-20-36-86(70)98/h5-52H,1-4H3. The molecule has 454 valence electrons. The van der Waals surface area contributed by atoms with Gasteiger partial charge in [-0.05, 0) is 179 Å². The van der Waals surface area contributed by atoms with E-state index >= 15 is 0 Å². The van der Waals surface area contributed by atoms with E-state index in [-0.39, 0.29) is 13.4 Å². The molecule has 6 heterocycles. The number of hydrogen-bond acceptors (Lipinski definition) is 0. The molecule has 0 unspecified atom stereocenters. The number of para-hydroxylation sites is 8. The highest BCUT2D eigenvalue weighted by Crippen LogP contribution is 2.43. The maximum Gasteiger partial charge on any atom is 0.244 e. The lowest BCUT2D eigenvalue weighted by Crippen LogP contribution is -2.51. The average Bonchev–Trinajstić information content (AvgIpc) is 1.47. The van der Waals surface area contributed by atoms with Gasteiger partial charge in [0.1, 0.15) is 0 Å². The fourth-order valence-electron chi connectivity index (χ4n) is 19.1. The maximum absolute atomic E-state index is 2.52. The van der Waals surface area contributed by atoms with Gasteiger partial charge in [-0.25, -0.2) is 0 Å². The molecule has 2 aliphatic heterocycles. The van der Waals surface area contributed by atoms with Crippen molar-refractivity contribution in [2.45, 2.75) is 27.7 Å². The van der Waals surface area contributed by atoms with Crippen molar-refractivity contribution in [3.63, 3.8) is 0 Å². The fourth-order valence-corrected chi connectivity index (χ4v) is 19.1. The Morgan fingerprint density at radius 2 is 0.408 bits per heavy atom. The van der Waals surface area contributed by atoms with Crippen LogP contribution >= 0.6 is 0 Å². The van der Waals surface area contributed by atoms with E-state index in [9.17, 15) is 0 Å². The van der Waals surface area contributed by atoms with Crippen LogP contribution in [0.1, 0.15) is 22.3 Å². The monoisotopic (exact) mass is 1240 g/mol. The smallest absolute Gasteiger partial charge is 0.244 e. The highest BCUT2D eigenvalue weighted by molar-refractivity contribution is 7.02. The molecule has 0 amide bonds. The fraction of sp³-hybridized carbons (Fsp3) is 0.0435. The summed E-state index contributed by atoms with van der Waals surface area (Å²) in [7, 11) is 0. The van der Waals surface area contributed by atoms with Gasteiger partial charge in [0.2, 0.25) is 13.4 Å². The lowest BCUT2D eigenvalue weighted by atomic mass is 9.36. The van der Waals surface area contributed by atoms with Crippen LogP contribution in [0.5, 0.6) is 0 Å². The van der Waals surface area contributed by atoms with E-state index in [4.69, 9.17) is 0 Å².